The zero-order valence-corrected chi connectivity index (χ0v) is 13.1. The average Bonchev–Trinajstić information content (AvgIpc) is 2.56. The van der Waals surface area contributed by atoms with Gasteiger partial charge < -0.3 is 24.2 Å². The first-order valence-corrected chi connectivity index (χ1v) is 7.21. The van der Waals surface area contributed by atoms with Crippen molar-refractivity contribution in [3.05, 3.63) is 23.8 Å². The Kier molecular flexibility index (Phi) is 5.46. The van der Waals surface area contributed by atoms with Gasteiger partial charge in [0.25, 0.3) is 0 Å². The van der Waals surface area contributed by atoms with Crippen molar-refractivity contribution in [3.8, 4) is 17.2 Å². The van der Waals surface area contributed by atoms with Crippen molar-refractivity contribution in [3.63, 3.8) is 0 Å². The number of carbonyl (C=O) groups is 2. The number of hydrogen-bond donors (Lipinski definition) is 1. The van der Waals surface area contributed by atoms with Gasteiger partial charge in [0.05, 0.1) is 7.11 Å². The normalized spacial score (nSPS) is 13.0. The molecule has 23 heavy (non-hydrogen) atoms. The Morgan fingerprint density at radius 1 is 1.35 bits per heavy atom. The molecular weight excluding hydrogens is 302 g/mol. The standard InChI is InChI=1S/C16H19NO6/c1-3-17(10-15(19)20)14(18)5-4-11-8-12(21-2)16-13(9-11)22-6-7-23-16/h4-5,8-9H,3,6-7,10H2,1-2H3,(H,19,20)/b5-4+. The van der Waals surface area contributed by atoms with E-state index in [1.54, 1.807) is 25.1 Å². The molecule has 0 fully saturated rings. The second-order valence-electron chi connectivity index (χ2n) is 4.83. The molecule has 0 radical (unpaired) electrons. The molecule has 1 aromatic carbocycles. The number of aliphatic carboxylic acids is 1. The second-order valence-corrected chi connectivity index (χ2v) is 4.83. The van der Waals surface area contributed by atoms with Gasteiger partial charge in [0.15, 0.2) is 11.5 Å². The molecule has 0 saturated carbocycles. The van der Waals surface area contributed by atoms with Crippen molar-refractivity contribution in [1.29, 1.82) is 0 Å². The minimum atomic E-state index is -1.05. The minimum Gasteiger partial charge on any atom is -0.493 e. The lowest BCUT2D eigenvalue weighted by Crippen LogP contribution is -2.34. The lowest BCUT2D eigenvalue weighted by atomic mass is 10.1. The molecule has 7 heteroatoms. The summed E-state index contributed by atoms with van der Waals surface area (Å²) in [6.07, 6.45) is 2.92. The van der Waals surface area contributed by atoms with Crippen LogP contribution in [0.4, 0.5) is 0 Å². The third kappa shape index (κ3) is 4.15. The largest absolute Gasteiger partial charge is 0.493 e. The number of benzene rings is 1. The molecule has 1 N–H and O–H groups in total. The van der Waals surface area contributed by atoms with Gasteiger partial charge in [0.1, 0.15) is 19.8 Å². The number of hydrogen-bond acceptors (Lipinski definition) is 5. The fraction of sp³-hybridized carbons (Fsp3) is 0.375. The fourth-order valence-electron chi connectivity index (χ4n) is 2.17. The molecule has 0 spiro atoms. The van der Waals surface area contributed by atoms with E-state index in [1.807, 2.05) is 0 Å². The number of methoxy groups -OCH3 is 1. The van der Waals surface area contributed by atoms with Crippen LogP contribution in [0.15, 0.2) is 18.2 Å². The molecule has 0 atom stereocenters. The summed E-state index contributed by atoms with van der Waals surface area (Å²) in [5, 5.41) is 8.78. The number of carboxylic acid groups (broad SMARTS) is 1. The Morgan fingerprint density at radius 2 is 2.09 bits per heavy atom. The van der Waals surface area contributed by atoms with E-state index in [4.69, 9.17) is 19.3 Å². The van der Waals surface area contributed by atoms with Crippen molar-refractivity contribution in [1.82, 2.24) is 4.90 Å². The Balaban J connectivity index is 2.18. The monoisotopic (exact) mass is 321 g/mol. The first-order valence-electron chi connectivity index (χ1n) is 7.21. The Morgan fingerprint density at radius 3 is 2.74 bits per heavy atom. The van der Waals surface area contributed by atoms with E-state index in [2.05, 4.69) is 0 Å². The van der Waals surface area contributed by atoms with E-state index in [9.17, 15) is 9.59 Å². The SMILES string of the molecule is CCN(CC(=O)O)C(=O)/C=C/c1cc(OC)c2c(c1)OCCO2. The number of likely N-dealkylation sites (N-methyl/N-ethyl adjacent to an activating group) is 1. The van der Waals surface area contributed by atoms with E-state index in [0.29, 0.717) is 42.6 Å². The van der Waals surface area contributed by atoms with E-state index in [1.165, 1.54) is 18.1 Å². The van der Waals surface area contributed by atoms with Crippen LogP contribution in [0.2, 0.25) is 0 Å². The molecule has 1 aliphatic rings. The molecule has 2 rings (SSSR count). The van der Waals surface area contributed by atoms with Crippen molar-refractivity contribution < 1.29 is 28.9 Å². The van der Waals surface area contributed by atoms with Crippen molar-refractivity contribution >= 4 is 18.0 Å². The van der Waals surface area contributed by atoms with E-state index in [0.717, 1.165) is 0 Å². The van der Waals surface area contributed by atoms with E-state index >= 15 is 0 Å². The number of carboxylic acids is 1. The van der Waals surface area contributed by atoms with Crippen LogP contribution in [-0.4, -0.2) is 55.3 Å². The maximum Gasteiger partial charge on any atom is 0.323 e. The maximum absolute atomic E-state index is 12.0. The van der Waals surface area contributed by atoms with Gasteiger partial charge in [-0.25, -0.2) is 0 Å². The van der Waals surface area contributed by atoms with Crippen LogP contribution in [0, 0.1) is 0 Å². The van der Waals surface area contributed by atoms with Crippen LogP contribution in [0.5, 0.6) is 17.2 Å². The van der Waals surface area contributed by atoms with Gasteiger partial charge in [0.2, 0.25) is 11.7 Å². The van der Waals surface area contributed by atoms with Gasteiger partial charge in [-0.05, 0) is 30.7 Å². The van der Waals surface area contributed by atoms with Crippen LogP contribution < -0.4 is 14.2 Å². The molecule has 0 bridgehead atoms. The number of carbonyl (C=O) groups excluding carboxylic acids is 1. The zero-order valence-electron chi connectivity index (χ0n) is 13.1. The molecule has 1 heterocycles. The highest BCUT2D eigenvalue weighted by Gasteiger charge is 2.18. The van der Waals surface area contributed by atoms with Crippen molar-refractivity contribution in [2.45, 2.75) is 6.92 Å². The van der Waals surface area contributed by atoms with Crippen molar-refractivity contribution in [2.75, 3.05) is 33.4 Å². The quantitative estimate of drug-likeness (QED) is 0.798. The maximum atomic E-state index is 12.0. The molecule has 1 aromatic rings. The summed E-state index contributed by atoms with van der Waals surface area (Å²) >= 11 is 0. The highest BCUT2D eigenvalue weighted by atomic mass is 16.6. The summed E-state index contributed by atoms with van der Waals surface area (Å²) in [4.78, 5) is 24.0. The van der Waals surface area contributed by atoms with Crippen LogP contribution >= 0.6 is 0 Å². The molecule has 7 nitrogen and oxygen atoms in total. The smallest absolute Gasteiger partial charge is 0.323 e. The summed E-state index contributed by atoms with van der Waals surface area (Å²) in [5.41, 5.74) is 0.700. The molecular formula is C16H19NO6. The van der Waals surface area contributed by atoms with Crippen molar-refractivity contribution in [2.24, 2.45) is 0 Å². The lowest BCUT2D eigenvalue weighted by molar-refractivity contribution is -0.142. The predicted molar refractivity (Wildman–Crippen MR) is 82.9 cm³/mol. The second kappa shape index (κ2) is 7.53. The highest BCUT2D eigenvalue weighted by Crippen LogP contribution is 2.40. The molecule has 0 aliphatic carbocycles. The van der Waals surface area contributed by atoms with E-state index in [-0.39, 0.29) is 12.5 Å². The molecule has 1 aliphatic heterocycles. The number of rotatable bonds is 6. The van der Waals surface area contributed by atoms with E-state index < -0.39 is 5.97 Å². The van der Waals surface area contributed by atoms with Gasteiger partial charge in [0, 0.05) is 12.6 Å². The van der Waals surface area contributed by atoms with Gasteiger partial charge in [-0.3, -0.25) is 9.59 Å². The number of ether oxygens (including phenoxy) is 3. The third-order valence-corrected chi connectivity index (χ3v) is 3.29. The highest BCUT2D eigenvalue weighted by molar-refractivity contribution is 5.93. The first-order chi connectivity index (χ1) is 11.0. The van der Waals surface area contributed by atoms with Gasteiger partial charge in [-0.15, -0.1) is 0 Å². The first kappa shape index (κ1) is 16.7. The molecule has 0 aromatic heterocycles. The Bertz CT molecular complexity index is 608. The minimum absolute atomic E-state index is 0.319. The number of nitrogens with zero attached hydrogens (tertiary/aromatic N) is 1. The van der Waals surface area contributed by atoms with Crippen LogP contribution in [-0.2, 0) is 9.59 Å². The summed E-state index contributed by atoms with van der Waals surface area (Å²) < 4.78 is 16.3. The molecule has 0 unspecified atom stereocenters. The number of fused-ring (bicyclic) bond motifs is 1. The topological polar surface area (TPSA) is 85.3 Å². The van der Waals surface area contributed by atoms with Gasteiger partial charge in [-0.1, -0.05) is 0 Å². The van der Waals surface area contributed by atoms with Gasteiger partial charge >= 0.3 is 5.97 Å². The van der Waals surface area contributed by atoms with Crippen LogP contribution in [0.3, 0.4) is 0 Å². The summed E-state index contributed by atoms with van der Waals surface area (Å²) in [6, 6.07) is 3.47. The Labute approximate surface area is 134 Å². The molecule has 0 saturated heterocycles. The number of amides is 1. The molecule has 124 valence electrons. The average molecular weight is 321 g/mol. The predicted octanol–water partition coefficient (Wildman–Crippen LogP) is 1.41. The summed E-state index contributed by atoms with van der Waals surface area (Å²) in [7, 11) is 1.53. The van der Waals surface area contributed by atoms with Crippen LogP contribution in [0.1, 0.15) is 12.5 Å². The molecule has 1 amide bonds. The zero-order chi connectivity index (χ0) is 16.8. The summed E-state index contributed by atoms with van der Waals surface area (Å²) in [6.45, 7) is 2.62. The third-order valence-electron chi connectivity index (χ3n) is 3.29. The fourth-order valence-corrected chi connectivity index (χ4v) is 2.17. The van der Waals surface area contributed by atoms with Gasteiger partial charge in [-0.2, -0.15) is 0 Å². The summed E-state index contributed by atoms with van der Waals surface area (Å²) in [5.74, 6) is 0.203. The van der Waals surface area contributed by atoms with Crippen LogP contribution in [0.25, 0.3) is 6.08 Å². The Hall–Kier alpha value is -2.70. The lowest BCUT2D eigenvalue weighted by Gasteiger charge is -2.21.